The third kappa shape index (κ3) is 3.71. The molecule has 1 fully saturated rings. The van der Waals surface area contributed by atoms with Gasteiger partial charge in [-0.25, -0.2) is 0 Å². The Bertz CT molecular complexity index is 867. The lowest BCUT2D eigenvalue weighted by Gasteiger charge is -2.17. The van der Waals surface area contributed by atoms with Crippen molar-refractivity contribution in [3.63, 3.8) is 0 Å². The summed E-state index contributed by atoms with van der Waals surface area (Å²) in [6, 6.07) is 6.54. The van der Waals surface area contributed by atoms with Crippen LogP contribution in [0.2, 0.25) is 0 Å². The highest BCUT2D eigenvalue weighted by molar-refractivity contribution is 5.91. The summed E-state index contributed by atoms with van der Waals surface area (Å²) in [5.74, 6) is -6.38. The molecule has 0 radical (unpaired) electrons. The standard InChI is InChI=1S/C16H14F3N3O5/c1-26-9-4-2-3-8(5-9)13-20-12(21-27-13)14(23)22-6-10(15(24)25)11(7-22)16(17,18)19/h2-5,10-11H,6-7H2,1H3,(H,24,25)/t10-,11-/m1/s1. The van der Waals surface area contributed by atoms with Gasteiger partial charge in [-0.15, -0.1) is 0 Å². The molecule has 0 unspecified atom stereocenters. The first-order chi connectivity index (χ1) is 12.7. The van der Waals surface area contributed by atoms with Crippen LogP contribution in [0.5, 0.6) is 5.75 Å². The number of benzene rings is 1. The van der Waals surface area contributed by atoms with E-state index >= 15 is 0 Å². The van der Waals surface area contributed by atoms with Gasteiger partial charge in [-0.2, -0.15) is 18.2 Å². The second-order valence-electron chi connectivity index (χ2n) is 5.96. The van der Waals surface area contributed by atoms with E-state index in [9.17, 15) is 22.8 Å². The van der Waals surface area contributed by atoms with E-state index in [0.717, 1.165) is 4.90 Å². The van der Waals surface area contributed by atoms with Gasteiger partial charge in [0.25, 0.3) is 17.6 Å². The predicted octanol–water partition coefficient (Wildman–Crippen LogP) is 2.08. The van der Waals surface area contributed by atoms with Crippen LogP contribution in [0.25, 0.3) is 11.5 Å². The Kier molecular flexibility index (Phi) is 4.77. The van der Waals surface area contributed by atoms with Gasteiger partial charge in [0.1, 0.15) is 5.75 Å². The fourth-order valence-corrected chi connectivity index (χ4v) is 2.88. The molecule has 0 bridgehead atoms. The Morgan fingerprint density at radius 3 is 2.67 bits per heavy atom. The zero-order valence-corrected chi connectivity index (χ0v) is 13.9. The number of carboxylic acid groups (broad SMARTS) is 1. The number of amides is 1. The number of alkyl halides is 3. The highest BCUT2D eigenvalue weighted by atomic mass is 19.4. The molecule has 1 aliphatic heterocycles. The number of methoxy groups -OCH3 is 1. The highest BCUT2D eigenvalue weighted by Crippen LogP contribution is 2.38. The van der Waals surface area contributed by atoms with Crippen LogP contribution in [0, 0.1) is 11.8 Å². The van der Waals surface area contributed by atoms with Crippen molar-refractivity contribution in [3.8, 4) is 17.2 Å². The van der Waals surface area contributed by atoms with Gasteiger partial charge >= 0.3 is 12.1 Å². The third-order valence-corrected chi connectivity index (χ3v) is 4.28. The van der Waals surface area contributed by atoms with Crippen molar-refractivity contribution >= 4 is 11.9 Å². The number of likely N-dealkylation sites (tertiary alicyclic amines) is 1. The number of ether oxygens (including phenoxy) is 1. The molecular weight excluding hydrogens is 371 g/mol. The van der Waals surface area contributed by atoms with Crippen LogP contribution >= 0.6 is 0 Å². The van der Waals surface area contributed by atoms with E-state index in [0.29, 0.717) is 11.3 Å². The summed E-state index contributed by atoms with van der Waals surface area (Å²) >= 11 is 0. The molecular formula is C16H14F3N3O5. The molecule has 1 saturated heterocycles. The topological polar surface area (TPSA) is 106 Å². The Morgan fingerprint density at radius 2 is 2.07 bits per heavy atom. The van der Waals surface area contributed by atoms with E-state index in [4.69, 9.17) is 14.4 Å². The zero-order chi connectivity index (χ0) is 19.8. The Morgan fingerprint density at radius 1 is 1.33 bits per heavy atom. The lowest BCUT2D eigenvalue weighted by molar-refractivity contribution is -0.187. The van der Waals surface area contributed by atoms with Crippen LogP contribution in [0.3, 0.4) is 0 Å². The molecule has 11 heteroatoms. The van der Waals surface area contributed by atoms with Crippen LogP contribution in [-0.2, 0) is 4.79 Å². The summed E-state index contributed by atoms with van der Waals surface area (Å²) in [4.78, 5) is 28.2. The van der Waals surface area contributed by atoms with Crippen LogP contribution in [0.1, 0.15) is 10.6 Å². The minimum Gasteiger partial charge on any atom is -0.497 e. The van der Waals surface area contributed by atoms with Gasteiger partial charge in [0.15, 0.2) is 0 Å². The van der Waals surface area contributed by atoms with Gasteiger partial charge in [0.2, 0.25) is 0 Å². The van der Waals surface area contributed by atoms with Gasteiger partial charge in [-0.05, 0) is 18.2 Å². The second kappa shape index (κ2) is 6.89. The summed E-state index contributed by atoms with van der Waals surface area (Å²) in [6.45, 7) is -1.36. The largest absolute Gasteiger partial charge is 0.497 e. The molecule has 0 saturated carbocycles. The molecule has 1 amide bonds. The van der Waals surface area contributed by atoms with E-state index in [1.54, 1.807) is 24.3 Å². The molecule has 144 valence electrons. The van der Waals surface area contributed by atoms with Gasteiger partial charge in [-0.3, -0.25) is 9.59 Å². The number of carbonyl (C=O) groups is 2. The maximum Gasteiger partial charge on any atom is 0.394 e. The number of aromatic nitrogens is 2. The second-order valence-corrected chi connectivity index (χ2v) is 5.96. The van der Waals surface area contributed by atoms with Crippen LogP contribution in [-0.4, -0.2) is 58.4 Å². The van der Waals surface area contributed by atoms with Gasteiger partial charge in [0, 0.05) is 18.7 Å². The van der Waals surface area contributed by atoms with Crippen LogP contribution in [0.15, 0.2) is 28.8 Å². The van der Waals surface area contributed by atoms with Crippen molar-refractivity contribution in [1.82, 2.24) is 15.0 Å². The fraction of sp³-hybridized carbons (Fsp3) is 0.375. The Balaban J connectivity index is 1.81. The van der Waals surface area contributed by atoms with Crippen LogP contribution < -0.4 is 4.74 Å². The van der Waals surface area contributed by atoms with Crippen molar-refractivity contribution in [2.24, 2.45) is 11.8 Å². The predicted molar refractivity (Wildman–Crippen MR) is 82.9 cm³/mol. The molecule has 2 heterocycles. The van der Waals surface area contributed by atoms with Crippen molar-refractivity contribution in [1.29, 1.82) is 0 Å². The molecule has 1 aromatic carbocycles. The number of nitrogens with zero attached hydrogens (tertiary/aromatic N) is 3. The molecule has 1 aliphatic rings. The molecule has 0 aliphatic carbocycles. The van der Waals surface area contributed by atoms with E-state index < -0.39 is 48.8 Å². The highest BCUT2D eigenvalue weighted by Gasteiger charge is 2.53. The third-order valence-electron chi connectivity index (χ3n) is 4.28. The molecule has 2 atom stereocenters. The summed E-state index contributed by atoms with van der Waals surface area (Å²) < 4.78 is 49.2. The molecule has 1 aromatic heterocycles. The maximum absolute atomic E-state index is 13.0. The zero-order valence-electron chi connectivity index (χ0n) is 13.9. The average Bonchev–Trinajstić information content (AvgIpc) is 3.28. The lowest BCUT2D eigenvalue weighted by Crippen LogP contribution is -2.34. The van der Waals surface area contributed by atoms with Gasteiger partial charge in [0.05, 0.1) is 18.9 Å². The first-order valence-corrected chi connectivity index (χ1v) is 7.77. The molecule has 0 spiro atoms. The monoisotopic (exact) mass is 385 g/mol. The van der Waals surface area contributed by atoms with E-state index in [1.807, 2.05) is 0 Å². The number of halogens is 3. The average molecular weight is 385 g/mol. The summed E-state index contributed by atoms with van der Waals surface area (Å²) in [5.41, 5.74) is 0.457. The number of rotatable bonds is 4. The first kappa shape index (κ1) is 18.7. The smallest absolute Gasteiger partial charge is 0.394 e. The summed E-state index contributed by atoms with van der Waals surface area (Å²) in [5, 5.41) is 12.5. The normalized spacial score (nSPS) is 19.9. The van der Waals surface area contributed by atoms with E-state index in [2.05, 4.69) is 10.1 Å². The van der Waals surface area contributed by atoms with Crippen molar-refractivity contribution in [3.05, 3.63) is 30.1 Å². The quantitative estimate of drug-likeness (QED) is 0.859. The van der Waals surface area contributed by atoms with Crippen molar-refractivity contribution < 1.29 is 37.1 Å². The summed E-state index contributed by atoms with van der Waals surface area (Å²) in [7, 11) is 1.46. The fourth-order valence-electron chi connectivity index (χ4n) is 2.88. The van der Waals surface area contributed by atoms with Crippen LogP contribution in [0.4, 0.5) is 13.2 Å². The number of aliphatic carboxylic acids is 1. The Labute approximate surface area is 150 Å². The van der Waals surface area contributed by atoms with Crippen molar-refractivity contribution in [2.75, 3.05) is 20.2 Å². The molecule has 8 nitrogen and oxygen atoms in total. The minimum atomic E-state index is -4.74. The van der Waals surface area contributed by atoms with Gasteiger partial charge in [-0.1, -0.05) is 11.2 Å². The molecule has 2 aromatic rings. The lowest BCUT2D eigenvalue weighted by atomic mass is 9.96. The van der Waals surface area contributed by atoms with E-state index in [-0.39, 0.29) is 5.89 Å². The number of carboxylic acids is 1. The number of carbonyl (C=O) groups excluding carboxylic acids is 1. The summed E-state index contributed by atoms with van der Waals surface area (Å²) in [6.07, 6.45) is -4.74. The SMILES string of the molecule is COc1cccc(-c2nc(C(=O)N3C[C@@H](C(F)(F)F)[C@H](C(=O)O)C3)no2)c1. The first-order valence-electron chi connectivity index (χ1n) is 7.77. The van der Waals surface area contributed by atoms with Gasteiger partial charge < -0.3 is 19.3 Å². The molecule has 1 N–H and O–H groups in total. The van der Waals surface area contributed by atoms with E-state index in [1.165, 1.54) is 7.11 Å². The molecule has 3 rings (SSSR count). The number of hydrogen-bond donors (Lipinski definition) is 1. The Hall–Kier alpha value is -3.11. The molecule has 27 heavy (non-hydrogen) atoms. The van der Waals surface area contributed by atoms with Crippen molar-refractivity contribution in [2.45, 2.75) is 6.18 Å². The maximum atomic E-state index is 13.0. The minimum absolute atomic E-state index is 0.0152. The number of hydrogen-bond acceptors (Lipinski definition) is 6.